The van der Waals surface area contributed by atoms with Crippen LogP contribution in [0.1, 0.15) is 0 Å². The van der Waals surface area contributed by atoms with Crippen LogP contribution in [0.15, 0.2) is 18.2 Å². The number of hydrogen-bond donors (Lipinski definition) is 3. The molecule has 0 aliphatic carbocycles. The maximum absolute atomic E-state index is 9.34. The van der Waals surface area contributed by atoms with Crippen LogP contribution in [-0.2, 0) is 7.05 Å². The van der Waals surface area contributed by atoms with Crippen molar-refractivity contribution in [1.82, 2.24) is 14.8 Å². The van der Waals surface area contributed by atoms with Crippen LogP contribution in [0.25, 0.3) is 11.4 Å². The zero-order valence-electron chi connectivity index (χ0n) is 7.93. The molecule has 2 rings (SSSR count). The third-order valence-electron chi connectivity index (χ3n) is 2.11. The second-order valence-electron chi connectivity index (χ2n) is 3.11. The molecule has 3 N–H and O–H groups in total. The molecular weight excluding hydrogens is 214 g/mol. The normalized spacial score (nSPS) is 10.5. The Bertz CT molecular complexity index is 559. The highest BCUT2D eigenvalue weighted by atomic mass is 32.1. The molecule has 0 aliphatic heterocycles. The summed E-state index contributed by atoms with van der Waals surface area (Å²) in [4.78, 5) is 0. The van der Waals surface area contributed by atoms with Gasteiger partial charge in [0.1, 0.15) is 0 Å². The highest BCUT2D eigenvalue weighted by molar-refractivity contribution is 7.71. The maximum Gasteiger partial charge on any atom is 0.195 e. The summed E-state index contributed by atoms with van der Waals surface area (Å²) < 4.78 is 2.18. The van der Waals surface area contributed by atoms with Crippen LogP contribution in [0.2, 0.25) is 0 Å². The number of phenols is 2. The van der Waals surface area contributed by atoms with E-state index >= 15 is 0 Å². The second-order valence-corrected chi connectivity index (χ2v) is 3.50. The molecule has 1 aromatic carbocycles. The van der Waals surface area contributed by atoms with Gasteiger partial charge in [-0.15, -0.1) is 0 Å². The summed E-state index contributed by atoms with van der Waals surface area (Å²) in [5, 5.41) is 25.1. The molecule has 0 saturated heterocycles. The summed E-state index contributed by atoms with van der Waals surface area (Å²) in [6, 6.07) is 4.49. The average Bonchev–Trinajstić information content (AvgIpc) is 2.53. The smallest absolute Gasteiger partial charge is 0.195 e. The van der Waals surface area contributed by atoms with E-state index in [2.05, 4.69) is 10.2 Å². The Labute approximate surface area is 90.6 Å². The van der Waals surface area contributed by atoms with Crippen LogP contribution in [0.3, 0.4) is 0 Å². The van der Waals surface area contributed by atoms with Gasteiger partial charge in [-0.1, -0.05) is 0 Å². The molecule has 2 aromatic rings. The fourth-order valence-corrected chi connectivity index (χ4v) is 1.40. The van der Waals surface area contributed by atoms with Gasteiger partial charge in [0.2, 0.25) is 0 Å². The lowest BCUT2D eigenvalue weighted by Gasteiger charge is -2.02. The first kappa shape index (κ1) is 9.72. The van der Waals surface area contributed by atoms with Crippen LogP contribution in [0.5, 0.6) is 11.5 Å². The summed E-state index contributed by atoms with van der Waals surface area (Å²) in [5.41, 5.74) is 0.681. The van der Waals surface area contributed by atoms with E-state index < -0.39 is 0 Å². The maximum atomic E-state index is 9.34. The van der Waals surface area contributed by atoms with Crippen molar-refractivity contribution >= 4 is 12.2 Å². The molecule has 0 amide bonds. The van der Waals surface area contributed by atoms with E-state index in [1.54, 1.807) is 17.7 Å². The SMILES string of the molecule is Cn1c(-c2ccc(O)c(O)c2)n[nH]c1=S. The first-order valence-electron chi connectivity index (χ1n) is 4.23. The van der Waals surface area contributed by atoms with Crippen molar-refractivity contribution in [2.24, 2.45) is 7.05 Å². The first-order valence-corrected chi connectivity index (χ1v) is 4.64. The number of aromatic hydroxyl groups is 2. The lowest BCUT2D eigenvalue weighted by Crippen LogP contribution is -1.92. The third kappa shape index (κ3) is 1.59. The number of aromatic amines is 1. The van der Waals surface area contributed by atoms with Crippen molar-refractivity contribution in [2.75, 3.05) is 0 Å². The quantitative estimate of drug-likeness (QED) is 0.506. The van der Waals surface area contributed by atoms with Crippen molar-refractivity contribution in [3.63, 3.8) is 0 Å². The standard InChI is InChI=1S/C9H9N3O2S/c1-12-8(10-11-9(12)15)5-2-3-6(13)7(14)4-5/h2-4,13-14H,1H3,(H,11,15). The molecule has 5 nitrogen and oxygen atoms in total. The van der Waals surface area contributed by atoms with Gasteiger partial charge in [-0.2, -0.15) is 5.10 Å². The molecule has 0 saturated carbocycles. The molecule has 0 unspecified atom stereocenters. The van der Waals surface area contributed by atoms with Gasteiger partial charge in [0.25, 0.3) is 0 Å². The van der Waals surface area contributed by atoms with Gasteiger partial charge < -0.3 is 14.8 Å². The van der Waals surface area contributed by atoms with E-state index in [4.69, 9.17) is 17.3 Å². The average molecular weight is 223 g/mol. The van der Waals surface area contributed by atoms with Gasteiger partial charge in [0, 0.05) is 12.6 Å². The number of phenolic OH excluding ortho intramolecular Hbond substituents is 2. The second kappa shape index (κ2) is 3.39. The van der Waals surface area contributed by atoms with Crippen molar-refractivity contribution in [1.29, 1.82) is 0 Å². The first-order chi connectivity index (χ1) is 7.09. The molecule has 0 aliphatic rings. The van der Waals surface area contributed by atoms with Crippen LogP contribution in [0, 0.1) is 4.77 Å². The molecule has 78 valence electrons. The summed E-state index contributed by atoms with van der Waals surface area (Å²) >= 11 is 4.97. The van der Waals surface area contributed by atoms with E-state index in [1.807, 2.05) is 0 Å². The number of benzene rings is 1. The van der Waals surface area contributed by atoms with Crippen LogP contribution >= 0.6 is 12.2 Å². The summed E-state index contributed by atoms with van der Waals surface area (Å²) in [5.74, 6) is 0.271. The number of nitrogens with zero attached hydrogens (tertiary/aromatic N) is 2. The predicted molar refractivity (Wildman–Crippen MR) is 57.2 cm³/mol. The fraction of sp³-hybridized carbons (Fsp3) is 0.111. The molecular formula is C9H9N3O2S. The Morgan fingerprint density at radius 3 is 2.60 bits per heavy atom. The number of aromatic nitrogens is 3. The summed E-state index contributed by atoms with van der Waals surface area (Å²) in [6.07, 6.45) is 0. The van der Waals surface area contributed by atoms with E-state index in [1.165, 1.54) is 12.1 Å². The fourth-order valence-electron chi connectivity index (χ4n) is 1.27. The zero-order valence-corrected chi connectivity index (χ0v) is 8.75. The van der Waals surface area contributed by atoms with Crippen LogP contribution in [-0.4, -0.2) is 25.0 Å². The molecule has 0 radical (unpaired) electrons. The molecule has 0 fully saturated rings. The molecule has 0 bridgehead atoms. The van der Waals surface area contributed by atoms with Gasteiger partial charge in [0.15, 0.2) is 22.1 Å². The van der Waals surface area contributed by atoms with Crippen LogP contribution < -0.4 is 0 Å². The number of rotatable bonds is 1. The Morgan fingerprint density at radius 1 is 1.33 bits per heavy atom. The van der Waals surface area contributed by atoms with Gasteiger partial charge in [-0.25, -0.2) is 0 Å². The summed E-state index contributed by atoms with van der Waals surface area (Å²) in [7, 11) is 1.77. The monoisotopic (exact) mass is 223 g/mol. The van der Waals surface area contributed by atoms with E-state index in [-0.39, 0.29) is 11.5 Å². The molecule has 1 aromatic heterocycles. The number of hydrogen-bond acceptors (Lipinski definition) is 4. The number of H-pyrrole nitrogens is 1. The molecule has 0 atom stereocenters. The Hall–Kier alpha value is -1.82. The van der Waals surface area contributed by atoms with Crippen molar-refractivity contribution in [3.05, 3.63) is 23.0 Å². The van der Waals surface area contributed by atoms with Gasteiger partial charge >= 0.3 is 0 Å². The Kier molecular flexibility index (Phi) is 2.20. The van der Waals surface area contributed by atoms with Crippen LogP contribution in [0.4, 0.5) is 0 Å². The minimum atomic E-state index is -0.179. The molecule has 6 heteroatoms. The third-order valence-corrected chi connectivity index (χ3v) is 2.48. The lowest BCUT2D eigenvalue weighted by molar-refractivity contribution is 0.404. The molecule has 1 heterocycles. The predicted octanol–water partition coefficient (Wildman–Crippen LogP) is 1.56. The van der Waals surface area contributed by atoms with Gasteiger partial charge in [0.05, 0.1) is 0 Å². The van der Waals surface area contributed by atoms with E-state index in [0.29, 0.717) is 16.2 Å². The van der Waals surface area contributed by atoms with Gasteiger partial charge in [-0.3, -0.25) is 5.10 Å². The lowest BCUT2D eigenvalue weighted by atomic mass is 10.2. The topological polar surface area (TPSA) is 74.1 Å². The largest absolute Gasteiger partial charge is 0.504 e. The summed E-state index contributed by atoms with van der Waals surface area (Å²) in [6.45, 7) is 0. The van der Waals surface area contributed by atoms with Crippen molar-refractivity contribution in [3.8, 4) is 22.9 Å². The molecule has 15 heavy (non-hydrogen) atoms. The Morgan fingerprint density at radius 2 is 2.07 bits per heavy atom. The number of nitrogens with one attached hydrogen (secondary N) is 1. The highest BCUT2D eigenvalue weighted by Gasteiger charge is 2.08. The van der Waals surface area contributed by atoms with Crippen molar-refractivity contribution < 1.29 is 10.2 Å². The minimum Gasteiger partial charge on any atom is -0.504 e. The molecule has 0 spiro atoms. The van der Waals surface area contributed by atoms with Crippen molar-refractivity contribution in [2.45, 2.75) is 0 Å². The van der Waals surface area contributed by atoms with E-state index in [0.717, 1.165) is 0 Å². The Balaban J connectivity index is 2.59. The minimum absolute atomic E-state index is 0.157. The zero-order chi connectivity index (χ0) is 11.0. The van der Waals surface area contributed by atoms with Gasteiger partial charge in [-0.05, 0) is 30.4 Å². The highest BCUT2D eigenvalue weighted by Crippen LogP contribution is 2.29. The van der Waals surface area contributed by atoms with E-state index in [9.17, 15) is 5.11 Å².